The van der Waals surface area contributed by atoms with Crippen molar-refractivity contribution in [3.05, 3.63) is 88.3 Å². The lowest BCUT2D eigenvalue weighted by molar-refractivity contribution is -0.127. The number of aromatic nitrogens is 3. The highest BCUT2D eigenvalue weighted by atomic mass is 35.5. The van der Waals surface area contributed by atoms with Crippen LogP contribution in [0.25, 0.3) is 22.5 Å². The number of rotatable bonds is 10. The van der Waals surface area contributed by atoms with E-state index in [1.807, 2.05) is 54.3 Å². The Balaban J connectivity index is 1.17. The maximum atomic E-state index is 13.1. The average molecular weight is 656 g/mol. The number of hydrogen-bond acceptors (Lipinski definition) is 9. The van der Waals surface area contributed by atoms with Gasteiger partial charge in [0.2, 0.25) is 11.8 Å². The number of nitrogens with zero attached hydrogens (tertiary/aromatic N) is 5. The zero-order valence-corrected chi connectivity index (χ0v) is 27.4. The quantitative estimate of drug-likeness (QED) is 0.229. The Bertz CT molecular complexity index is 1780. The molecule has 2 fully saturated rings. The van der Waals surface area contributed by atoms with Gasteiger partial charge in [-0.3, -0.25) is 24.5 Å². The van der Waals surface area contributed by atoms with Gasteiger partial charge in [-0.15, -0.1) is 0 Å². The van der Waals surface area contributed by atoms with Crippen LogP contribution in [0.3, 0.4) is 0 Å². The monoisotopic (exact) mass is 655 g/mol. The zero-order chi connectivity index (χ0) is 33.1. The molecule has 2 saturated heterocycles. The van der Waals surface area contributed by atoms with Gasteiger partial charge in [-0.1, -0.05) is 35.9 Å². The number of halogens is 1. The number of amides is 2. The van der Waals surface area contributed by atoms with E-state index in [9.17, 15) is 14.7 Å². The summed E-state index contributed by atoms with van der Waals surface area (Å²) in [5, 5.41) is 16.4. The highest BCUT2D eigenvalue weighted by Gasteiger charge is 2.25. The van der Waals surface area contributed by atoms with Crippen molar-refractivity contribution in [3.8, 4) is 28.4 Å². The summed E-state index contributed by atoms with van der Waals surface area (Å²) in [4.78, 5) is 42.5. The van der Waals surface area contributed by atoms with Gasteiger partial charge in [-0.25, -0.2) is 4.98 Å². The molecular formula is C35H38ClN7O4. The molecule has 0 aliphatic carbocycles. The molecule has 0 bridgehead atoms. The molecule has 12 heteroatoms. The van der Waals surface area contributed by atoms with Crippen LogP contribution in [-0.4, -0.2) is 87.1 Å². The van der Waals surface area contributed by atoms with Crippen LogP contribution in [0, 0.1) is 6.92 Å². The van der Waals surface area contributed by atoms with E-state index in [1.165, 1.54) is 0 Å². The molecule has 47 heavy (non-hydrogen) atoms. The fraction of sp³-hybridized carbons (Fsp3) is 0.343. The van der Waals surface area contributed by atoms with Crippen LogP contribution in [0.2, 0.25) is 5.02 Å². The molecule has 3 N–H and O–H groups in total. The van der Waals surface area contributed by atoms with E-state index in [4.69, 9.17) is 21.3 Å². The van der Waals surface area contributed by atoms with Crippen LogP contribution < -0.4 is 15.4 Å². The van der Waals surface area contributed by atoms with Gasteiger partial charge in [0.05, 0.1) is 29.6 Å². The summed E-state index contributed by atoms with van der Waals surface area (Å²) in [5.41, 5.74) is 6.32. The Morgan fingerprint density at radius 3 is 2.60 bits per heavy atom. The van der Waals surface area contributed by atoms with E-state index in [2.05, 4.69) is 25.5 Å². The molecule has 0 radical (unpaired) electrons. The molecule has 0 unspecified atom stereocenters. The van der Waals surface area contributed by atoms with Crippen LogP contribution in [-0.2, 0) is 17.9 Å². The number of benzene rings is 1. The van der Waals surface area contributed by atoms with E-state index in [0.29, 0.717) is 72.0 Å². The van der Waals surface area contributed by atoms with Gasteiger partial charge in [0.1, 0.15) is 5.69 Å². The standard InChI is InChI=1S/C35H38ClN7O4/c1-21-27(5-4-6-29(21)40-34(46)31-9-7-23(15-39-31)17-42-19-26(45)20-42)33-32(36)28(11-13-37-33)30-10-8-24(35(41-30)47-3)16-38-25-12-14-43(18-25)22(2)44/h4-11,13,15,25-26,38,45H,12,14,16-20H2,1-3H3,(H,40,46)/t25-/m1/s1. The minimum absolute atomic E-state index is 0.0952. The highest BCUT2D eigenvalue weighted by molar-refractivity contribution is 6.35. The van der Waals surface area contributed by atoms with Crippen molar-refractivity contribution in [2.75, 3.05) is 38.6 Å². The predicted molar refractivity (Wildman–Crippen MR) is 180 cm³/mol. The van der Waals surface area contributed by atoms with Gasteiger partial charge in [0.25, 0.3) is 5.91 Å². The molecule has 6 rings (SSSR count). The summed E-state index contributed by atoms with van der Waals surface area (Å²) in [6.45, 7) is 7.51. The van der Waals surface area contributed by atoms with E-state index in [-0.39, 0.29) is 24.0 Å². The number of hydrogen-bond donors (Lipinski definition) is 3. The molecule has 2 amide bonds. The molecule has 11 nitrogen and oxygen atoms in total. The smallest absolute Gasteiger partial charge is 0.274 e. The Hall–Kier alpha value is -4.42. The molecule has 2 aliphatic rings. The maximum absolute atomic E-state index is 13.1. The van der Waals surface area contributed by atoms with Crippen molar-refractivity contribution in [1.29, 1.82) is 0 Å². The molecule has 4 aromatic rings. The fourth-order valence-corrected chi connectivity index (χ4v) is 6.33. The number of aliphatic hydroxyl groups is 1. The average Bonchev–Trinajstić information content (AvgIpc) is 3.54. The van der Waals surface area contributed by atoms with Crippen LogP contribution in [0.15, 0.2) is 60.9 Å². The second-order valence-electron chi connectivity index (χ2n) is 12.0. The number of aliphatic hydroxyl groups excluding tert-OH is 1. The number of carbonyl (C=O) groups excluding carboxylic acids is 2. The third-order valence-corrected chi connectivity index (χ3v) is 9.13. The number of carbonyl (C=O) groups is 2. The number of anilines is 1. The summed E-state index contributed by atoms with van der Waals surface area (Å²) in [6, 6.07) is 15.1. The van der Waals surface area contributed by atoms with Crippen molar-refractivity contribution >= 4 is 29.1 Å². The Morgan fingerprint density at radius 1 is 1.06 bits per heavy atom. The largest absolute Gasteiger partial charge is 0.481 e. The second-order valence-corrected chi connectivity index (χ2v) is 12.4. The lowest BCUT2D eigenvalue weighted by atomic mass is 10.0. The summed E-state index contributed by atoms with van der Waals surface area (Å²) < 4.78 is 5.65. The lowest BCUT2D eigenvalue weighted by Crippen LogP contribution is -2.49. The molecule has 244 valence electrons. The Kier molecular flexibility index (Phi) is 9.79. The summed E-state index contributed by atoms with van der Waals surface area (Å²) in [5.74, 6) is 0.268. The molecule has 3 aromatic heterocycles. The highest BCUT2D eigenvalue weighted by Crippen LogP contribution is 2.38. The normalized spacial score (nSPS) is 16.6. The Labute approximate surface area is 279 Å². The first kappa shape index (κ1) is 32.5. The topological polar surface area (TPSA) is 133 Å². The molecule has 1 aromatic carbocycles. The fourth-order valence-electron chi connectivity index (χ4n) is 6.02. The van der Waals surface area contributed by atoms with Crippen LogP contribution in [0.4, 0.5) is 5.69 Å². The number of ether oxygens (including phenoxy) is 1. The second kappa shape index (κ2) is 14.1. The van der Waals surface area contributed by atoms with Gasteiger partial charge < -0.3 is 25.4 Å². The Morgan fingerprint density at radius 2 is 1.89 bits per heavy atom. The summed E-state index contributed by atoms with van der Waals surface area (Å²) >= 11 is 7.00. The van der Waals surface area contributed by atoms with E-state index in [1.54, 1.807) is 32.5 Å². The maximum Gasteiger partial charge on any atom is 0.274 e. The van der Waals surface area contributed by atoms with Gasteiger partial charge in [-0.05, 0) is 48.7 Å². The lowest BCUT2D eigenvalue weighted by Gasteiger charge is -2.35. The predicted octanol–water partition coefficient (Wildman–Crippen LogP) is 4.32. The van der Waals surface area contributed by atoms with Gasteiger partial charge in [0.15, 0.2) is 0 Å². The number of likely N-dealkylation sites (tertiary alicyclic amines) is 2. The number of pyridine rings is 3. The molecule has 1 atom stereocenters. The van der Waals surface area contributed by atoms with E-state index >= 15 is 0 Å². The first-order valence-corrected chi connectivity index (χ1v) is 16.0. The van der Waals surface area contributed by atoms with E-state index < -0.39 is 0 Å². The van der Waals surface area contributed by atoms with Crippen molar-refractivity contribution in [1.82, 2.24) is 30.1 Å². The third-order valence-electron chi connectivity index (χ3n) is 8.75. The summed E-state index contributed by atoms with van der Waals surface area (Å²) in [7, 11) is 1.59. The van der Waals surface area contributed by atoms with Gasteiger partial charge >= 0.3 is 0 Å². The molecule has 5 heterocycles. The van der Waals surface area contributed by atoms with Crippen molar-refractivity contribution < 1.29 is 19.4 Å². The van der Waals surface area contributed by atoms with Crippen molar-refractivity contribution in [2.24, 2.45) is 0 Å². The van der Waals surface area contributed by atoms with Crippen LogP contribution >= 0.6 is 11.6 Å². The number of β-amino-alcohol motifs (C(OH)–C–C–N with tert-alkyl or cyclic N) is 1. The minimum Gasteiger partial charge on any atom is -0.481 e. The number of nitrogens with one attached hydrogen (secondary N) is 2. The van der Waals surface area contributed by atoms with Gasteiger partial charge in [0, 0.05) is 87.0 Å². The minimum atomic E-state index is -0.320. The first-order chi connectivity index (χ1) is 22.7. The zero-order valence-electron chi connectivity index (χ0n) is 26.7. The van der Waals surface area contributed by atoms with E-state index in [0.717, 1.165) is 35.2 Å². The number of methoxy groups -OCH3 is 1. The SMILES string of the molecule is COc1nc(-c2ccnc(-c3cccc(NC(=O)c4ccc(CN5CC(O)C5)cn4)c3C)c2Cl)ccc1CN[C@@H]1CCN(C(C)=O)C1. The van der Waals surface area contributed by atoms with Crippen molar-refractivity contribution in [3.63, 3.8) is 0 Å². The molecule has 0 spiro atoms. The molecule has 2 aliphatic heterocycles. The van der Waals surface area contributed by atoms with Crippen molar-refractivity contribution in [2.45, 2.75) is 45.5 Å². The van der Waals surface area contributed by atoms with Gasteiger partial charge in [-0.2, -0.15) is 0 Å². The van der Waals surface area contributed by atoms with Crippen LogP contribution in [0.5, 0.6) is 5.88 Å². The van der Waals surface area contributed by atoms with Crippen LogP contribution in [0.1, 0.15) is 40.5 Å². The first-order valence-electron chi connectivity index (χ1n) is 15.6. The summed E-state index contributed by atoms with van der Waals surface area (Å²) in [6.07, 6.45) is 4.04. The third kappa shape index (κ3) is 7.28. The molecular weight excluding hydrogens is 618 g/mol. The molecule has 0 saturated carbocycles.